The molecule has 4 N–H and O–H groups in total. The van der Waals surface area contributed by atoms with Gasteiger partial charge in [0.15, 0.2) is 0 Å². The van der Waals surface area contributed by atoms with Crippen molar-refractivity contribution < 1.29 is 29.6 Å². The molecule has 0 atom stereocenters. The Bertz CT molecular complexity index is 1050. The third-order valence-electron chi connectivity index (χ3n) is 4.18. The van der Waals surface area contributed by atoms with Gasteiger partial charge in [0.1, 0.15) is 0 Å². The van der Waals surface area contributed by atoms with E-state index in [1.54, 1.807) is 13.8 Å². The lowest BCUT2D eigenvalue weighted by Crippen LogP contribution is -2.12. The van der Waals surface area contributed by atoms with Gasteiger partial charge >= 0.3 is 0 Å². The van der Waals surface area contributed by atoms with Gasteiger partial charge in [-0.1, -0.05) is 13.2 Å². The summed E-state index contributed by atoms with van der Waals surface area (Å²) in [5, 5.41) is 44.3. The number of nitrogens with zero attached hydrogens (tertiary/aromatic N) is 2. The molecule has 2 rings (SSSR count). The Morgan fingerprint density at radius 3 is 1.35 bits per heavy atom. The molecule has 34 heavy (non-hydrogen) atoms. The molecule has 0 unspecified atom stereocenters. The van der Waals surface area contributed by atoms with Crippen LogP contribution in [0.3, 0.4) is 0 Å². The number of anilines is 2. The topological polar surface area (TPSA) is 185 Å². The molecule has 2 aromatic carbocycles. The molecule has 0 spiro atoms. The fourth-order valence-corrected chi connectivity index (χ4v) is 2.41. The van der Waals surface area contributed by atoms with E-state index in [9.17, 15) is 29.8 Å². The Morgan fingerprint density at radius 1 is 0.794 bits per heavy atom. The van der Waals surface area contributed by atoms with Gasteiger partial charge in [0.2, 0.25) is 0 Å². The van der Waals surface area contributed by atoms with Gasteiger partial charge in [0.25, 0.3) is 23.2 Å². The summed E-state index contributed by atoms with van der Waals surface area (Å²) in [6.07, 6.45) is 0. The van der Waals surface area contributed by atoms with Crippen molar-refractivity contribution in [2.75, 3.05) is 10.6 Å². The fraction of sp³-hybridized carbons (Fsp3) is 0.182. The van der Waals surface area contributed by atoms with Crippen LogP contribution in [0.25, 0.3) is 0 Å². The lowest BCUT2D eigenvalue weighted by Gasteiger charge is -2.06. The van der Waals surface area contributed by atoms with Gasteiger partial charge in [0.05, 0.1) is 34.2 Å². The second-order valence-electron chi connectivity index (χ2n) is 6.99. The predicted octanol–water partition coefficient (Wildman–Crippen LogP) is 3.20. The maximum absolute atomic E-state index is 11.3. The van der Waals surface area contributed by atoms with Gasteiger partial charge in [0, 0.05) is 34.7 Å². The molecule has 0 heterocycles. The zero-order chi connectivity index (χ0) is 26.0. The van der Waals surface area contributed by atoms with Gasteiger partial charge in [-0.05, 0) is 38.1 Å². The second-order valence-corrected chi connectivity index (χ2v) is 6.99. The number of hydrogen-bond acceptors (Lipinski definition) is 8. The highest BCUT2D eigenvalue weighted by Gasteiger charge is 2.15. The quantitative estimate of drug-likeness (QED) is 0.256. The van der Waals surface area contributed by atoms with Crippen LogP contribution in [0.1, 0.15) is 25.0 Å². The molecule has 12 heteroatoms. The highest BCUT2D eigenvalue weighted by Crippen LogP contribution is 2.24. The van der Waals surface area contributed by atoms with Gasteiger partial charge < -0.3 is 20.8 Å². The summed E-state index contributed by atoms with van der Waals surface area (Å²) in [6, 6.07) is 7.99. The third-order valence-corrected chi connectivity index (χ3v) is 4.18. The van der Waals surface area contributed by atoms with Crippen molar-refractivity contribution >= 4 is 34.6 Å². The molecule has 0 radical (unpaired) electrons. The monoisotopic (exact) mass is 472 g/mol. The summed E-state index contributed by atoms with van der Waals surface area (Å²) in [5.41, 5.74) is 1.36. The highest BCUT2D eigenvalue weighted by atomic mass is 16.6. The minimum Gasteiger partial charge on any atom is -0.391 e. The smallest absolute Gasteiger partial charge is 0.275 e. The van der Waals surface area contributed by atoms with Crippen molar-refractivity contribution in [1.82, 2.24) is 0 Å². The number of benzene rings is 2. The van der Waals surface area contributed by atoms with Gasteiger partial charge in [-0.15, -0.1) is 0 Å². The molecule has 2 amide bonds. The molecule has 0 bridgehead atoms. The summed E-state index contributed by atoms with van der Waals surface area (Å²) in [6.45, 7) is 9.11. The van der Waals surface area contributed by atoms with Crippen LogP contribution in [0, 0.1) is 20.2 Å². The minimum atomic E-state index is -0.587. The van der Waals surface area contributed by atoms with Crippen molar-refractivity contribution in [3.8, 4) is 0 Å². The van der Waals surface area contributed by atoms with Crippen LogP contribution in [0.5, 0.6) is 0 Å². The standard InChI is InChI=1S/2C11H12N2O4/c2*1-7(2)11(15)12-9-3-4-10(13(16)17)8(5-9)6-14/h2*3-5,14H,1,6H2,2H3,(H,12,15). The van der Waals surface area contributed by atoms with E-state index in [1.807, 2.05) is 0 Å². The van der Waals surface area contributed by atoms with E-state index in [0.29, 0.717) is 22.5 Å². The Balaban J connectivity index is 0.000000340. The van der Waals surface area contributed by atoms with Crippen LogP contribution >= 0.6 is 0 Å². The molecule has 180 valence electrons. The number of aliphatic hydroxyl groups is 2. The van der Waals surface area contributed by atoms with E-state index < -0.39 is 23.1 Å². The molecule has 0 aliphatic carbocycles. The highest BCUT2D eigenvalue weighted by molar-refractivity contribution is 6.03. The summed E-state index contributed by atoms with van der Waals surface area (Å²) in [5.74, 6) is -0.745. The molecule has 0 saturated carbocycles. The first-order valence-corrected chi connectivity index (χ1v) is 9.61. The van der Waals surface area contributed by atoms with Crippen molar-refractivity contribution in [2.24, 2.45) is 0 Å². The third kappa shape index (κ3) is 7.93. The predicted molar refractivity (Wildman–Crippen MR) is 125 cm³/mol. The number of nitro groups is 2. The maximum Gasteiger partial charge on any atom is 0.275 e. The molecule has 0 aromatic heterocycles. The number of carbonyl (C=O) groups is 2. The first kappa shape index (κ1) is 27.6. The zero-order valence-corrected chi connectivity index (χ0v) is 18.5. The number of carbonyl (C=O) groups excluding carboxylic acids is 2. The number of amides is 2. The maximum atomic E-state index is 11.3. The van der Waals surface area contributed by atoms with E-state index in [-0.39, 0.29) is 34.3 Å². The number of rotatable bonds is 8. The molecule has 0 aliphatic rings. The van der Waals surface area contributed by atoms with Crippen molar-refractivity contribution in [3.63, 3.8) is 0 Å². The molecule has 0 aliphatic heterocycles. The normalized spacial score (nSPS) is 9.76. The zero-order valence-electron chi connectivity index (χ0n) is 18.5. The van der Waals surface area contributed by atoms with E-state index in [4.69, 9.17) is 10.2 Å². The van der Waals surface area contributed by atoms with Gasteiger partial charge in [-0.3, -0.25) is 29.8 Å². The lowest BCUT2D eigenvalue weighted by molar-refractivity contribution is -0.386. The lowest BCUT2D eigenvalue weighted by atomic mass is 10.1. The average Bonchev–Trinajstić information content (AvgIpc) is 2.78. The largest absolute Gasteiger partial charge is 0.391 e. The first-order valence-electron chi connectivity index (χ1n) is 9.61. The number of hydrogen-bond donors (Lipinski definition) is 4. The van der Waals surface area contributed by atoms with Crippen LogP contribution in [0.4, 0.5) is 22.7 Å². The Kier molecular flexibility index (Phi) is 10.2. The van der Waals surface area contributed by atoms with Crippen LogP contribution in [-0.4, -0.2) is 31.9 Å². The summed E-state index contributed by atoms with van der Waals surface area (Å²) >= 11 is 0. The minimum absolute atomic E-state index is 0.148. The average molecular weight is 472 g/mol. The first-order chi connectivity index (χ1) is 15.9. The van der Waals surface area contributed by atoms with E-state index >= 15 is 0 Å². The number of aliphatic hydroxyl groups excluding tert-OH is 2. The van der Waals surface area contributed by atoms with E-state index in [0.717, 1.165) is 0 Å². The fourth-order valence-electron chi connectivity index (χ4n) is 2.41. The second kappa shape index (κ2) is 12.6. The molecule has 2 aromatic rings. The SMILES string of the molecule is C=C(C)C(=O)Nc1ccc([N+](=O)[O-])c(CO)c1.C=C(C)C(=O)Nc1ccc([N+](=O)[O-])c(CO)c1. The molecule has 12 nitrogen and oxygen atoms in total. The van der Waals surface area contributed by atoms with Crippen molar-refractivity contribution in [2.45, 2.75) is 27.1 Å². The van der Waals surface area contributed by atoms with Crippen LogP contribution in [-0.2, 0) is 22.8 Å². The number of nitro benzene ring substituents is 2. The van der Waals surface area contributed by atoms with E-state index in [2.05, 4.69) is 23.8 Å². The number of nitrogens with one attached hydrogen (secondary N) is 2. The Morgan fingerprint density at radius 2 is 1.12 bits per heavy atom. The summed E-state index contributed by atoms with van der Waals surface area (Å²) < 4.78 is 0. The van der Waals surface area contributed by atoms with Crippen LogP contribution in [0.2, 0.25) is 0 Å². The summed E-state index contributed by atoms with van der Waals surface area (Å²) in [7, 11) is 0. The Labute approximate surface area is 194 Å². The molecule has 0 fully saturated rings. The molecule has 0 saturated heterocycles. The van der Waals surface area contributed by atoms with Crippen molar-refractivity contribution in [3.05, 3.63) is 92.1 Å². The summed E-state index contributed by atoms with van der Waals surface area (Å²) in [4.78, 5) is 42.7. The van der Waals surface area contributed by atoms with Crippen LogP contribution in [0.15, 0.2) is 60.7 Å². The van der Waals surface area contributed by atoms with Crippen molar-refractivity contribution in [1.29, 1.82) is 0 Å². The van der Waals surface area contributed by atoms with Crippen LogP contribution < -0.4 is 10.6 Å². The van der Waals surface area contributed by atoms with E-state index in [1.165, 1.54) is 36.4 Å². The molecular weight excluding hydrogens is 448 g/mol. The Hall–Kier alpha value is -4.42. The molecular formula is C22H24N4O8. The van der Waals surface area contributed by atoms with Gasteiger partial charge in [-0.25, -0.2) is 0 Å². The van der Waals surface area contributed by atoms with Gasteiger partial charge in [-0.2, -0.15) is 0 Å².